The quantitative estimate of drug-likeness (QED) is 0.351. The molecular weight excluding hydrogens is 422 g/mol. The number of rotatable bonds is 6. The molecule has 1 fully saturated rings. The number of nitrogens with zero attached hydrogens (tertiary/aromatic N) is 3. The maximum atomic E-state index is 13.3. The van der Waals surface area contributed by atoms with Crippen LogP contribution in [0.3, 0.4) is 0 Å². The van der Waals surface area contributed by atoms with Crippen LogP contribution >= 0.6 is 0 Å². The molecule has 3 aromatic carbocycles. The monoisotopic (exact) mass is 445 g/mol. The molecule has 0 aromatic heterocycles. The molecule has 1 heterocycles. The van der Waals surface area contributed by atoms with Gasteiger partial charge in [-0.1, -0.05) is 49.4 Å². The number of hydrogen-bond donors (Lipinski definition) is 0. The predicted octanol–water partition coefficient (Wildman–Crippen LogP) is 5.79. The van der Waals surface area contributed by atoms with E-state index in [2.05, 4.69) is 4.90 Å². The number of carbonyl (C=O) groups is 1. The summed E-state index contributed by atoms with van der Waals surface area (Å²) in [6, 6.07) is 21.3. The van der Waals surface area contributed by atoms with Crippen molar-refractivity contribution in [3.8, 4) is 0 Å². The first-order valence-corrected chi connectivity index (χ1v) is 10.8. The van der Waals surface area contributed by atoms with Crippen molar-refractivity contribution in [1.82, 2.24) is 0 Å². The van der Waals surface area contributed by atoms with Gasteiger partial charge in [0.05, 0.1) is 21.9 Å². The highest BCUT2D eigenvalue weighted by Crippen LogP contribution is 2.47. The molecule has 0 bridgehead atoms. The molecular formula is C25H23N3O5. The van der Waals surface area contributed by atoms with Crippen molar-refractivity contribution < 1.29 is 14.6 Å². The predicted molar refractivity (Wildman–Crippen MR) is 124 cm³/mol. The van der Waals surface area contributed by atoms with Crippen LogP contribution in [-0.4, -0.2) is 15.6 Å². The van der Waals surface area contributed by atoms with E-state index in [0.29, 0.717) is 17.5 Å². The lowest BCUT2D eigenvalue weighted by atomic mass is 9.77. The largest absolute Gasteiger partial charge is 0.356 e. The van der Waals surface area contributed by atoms with Crippen LogP contribution in [-0.2, 0) is 4.79 Å². The number of nitro benzene ring substituents is 2. The molecule has 3 aromatic rings. The standard InChI is InChI=1S/C25H23N3O5/c1-2-22-24(29)16-23(17-8-6-12-20(14-17)27(30)31)26(19-10-4-3-5-11-19)25(22)18-9-7-13-21(15-18)28(32)33/h3-15,22-23,25H,2,16H2,1H3/t22-,23-,25-/m0/s1. The van der Waals surface area contributed by atoms with E-state index >= 15 is 0 Å². The molecule has 0 amide bonds. The van der Waals surface area contributed by atoms with Gasteiger partial charge in [-0.25, -0.2) is 0 Å². The molecule has 33 heavy (non-hydrogen) atoms. The Balaban J connectivity index is 1.92. The van der Waals surface area contributed by atoms with Crippen molar-refractivity contribution >= 4 is 22.8 Å². The van der Waals surface area contributed by atoms with Gasteiger partial charge in [0.1, 0.15) is 5.78 Å². The number of piperidine rings is 1. The highest BCUT2D eigenvalue weighted by molar-refractivity contribution is 5.86. The van der Waals surface area contributed by atoms with Crippen molar-refractivity contribution in [3.63, 3.8) is 0 Å². The molecule has 0 N–H and O–H groups in total. The first kappa shape index (κ1) is 22.1. The molecule has 0 unspecified atom stereocenters. The topological polar surface area (TPSA) is 107 Å². The van der Waals surface area contributed by atoms with E-state index in [-0.39, 0.29) is 29.5 Å². The van der Waals surface area contributed by atoms with Gasteiger partial charge in [-0.3, -0.25) is 25.0 Å². The fraction of sp³-hybridized carbons (Fsp3) is 0.240. The second-order valence-corrected chi connectivity index (χ2v) is 8.09. The molecule has 3 atom stereocenters. The molecule has 0 aliphatic carbocycles. The lowest BCUT2D eigenvalue weighted by molar-refractivity contribution is -0.385. The number of ketones is 1. The van der Waals surface area contributed by atoms with E-state index in [1.165, 1.54) is 24.3 Å². The second-order valence-electron chi connectivity index (χ2n) is 8.09. The third-order valence-corrected chi connectivity index (χ3v) is 6.21. The minimum atomic E-state index is -0.456. The summed E-state index contributed by atoms with van der Waals surface area (Å²) in [6.07, 6.45) is 0.761. The smallest absolute Gasteiger partial charge is 0.269 e. The van der Waals surface area contributed by atoms with Crippen molar-refractivity contribution in [1.29, 1.82) is 0 Å². The Bertz CT molecular complexity index is 1200. The Kier molecular flexibility index (Phi) is 6.17. The summed E-state index contributed by atoms with van der Waals surface area (Å²) in [5.74, 6) is -0.333. The third kappa shape index (κ3) is 4.32. The van der Waals surface area contributed by atoms with Gasteiger partial charge < -0.3 is 4.90 Å². The maximum absolute atomic E-state index is 13.3. The SMILES string of the molecule is CC[C@H]1C(=O)C[C@@H](c2cccc([N+](=O)[O-])c2)N(c2ccccc2)[C@H]1c1cccc([N+](=O)[O-])c1. The van der Waals surface area contributed by atoms with Gasteiger partial charge in [0, 0.05) is 42.3 Å². The molecule has 1 aliphatic rings. The lowest BCUT2D eigenvalue weighted by Crippen LogP contribution is -2.45. The zero-order valence-corrected chi connectivity index (χ0v) is 18.0. The van der Waals surface area contributed by atoms with Crippen LogP contribution < -0.4 is 4.90 Å². The van der Waals surface area contributed by atoms with Crippen LogP contribution in [0.1, 0.15) is 43.0 Å². The van der Waals surface area contributed by atoms with E-state index in [1.54, 1.807) is 24.3 Å². The van der Waals surface area contributed by atoms with Gasteiger partial charge in [0.25, 0.3) is 11.4 Å². The summed E-state index contributed by atoms with van der Waals surface area (Å²) >= 11 is 0. The minimum Gasteiger partial charge on any atom is -0.356 e. The number of benzene rings is 3. The Morgan fingerprint density at radius 3 is 2.00 bits per heavy atom. The molecule has 4 rings (SSSR count). The van der Waals surface area contributed by atoms with Crippen LogP contribution in [0.4, 0.5) is 17.1 Å². The number of non-ortho nitro benzene ring substituents is 2. The minimum absolute atomic E-state index is 0.0395. The van der Waals surface area contributed by atoms with E-state index in [1.807, 2.05) is 37.3 Å². The lowest BCUT2D eigenvalue weighted by Gasteiger charge is -2.47. The van der Waals surface area contributed by atoms with Gasteiger partial charge in [-0.2, -0.15) is 0 Å². The normalized spacial score (nSPS) is 20.5. The Morgan fingerprint density at radius 1 is 0.848 bits per heavy atom. The van der Waals surface area contributed by atoms with E-state index in [4.69, 9.17) is 0 Å². The van der Waals surface area contributed by atoms with E-state index in [0.717, 1.165) is 5.69 Å². The molecule has 0 spiro atoms. The second kappa shape index (κ2) is 9.20. The first-order chi connectivity index (χ1) is 15.9. The summed E-state index contributed by atoms with van der Waals surface area (Å²) in [5.41, 5.74) is 2.09. The van der Waals surface area contributed by atoms with Crippen LogP contribution in [0.2, 0.25) is 0 Å². The third-order valence-electron chi connectivity index (χ3n) is 6.21. The Labute approximate surface area is 190 Å². The highest BCUT2D eigenvalue weighted by Gasteiger charge is 2.43. The van der Waals surface area contributed by atoms with Crippen molar-refractivity contribution in [3.05, 3.63) is 110 Å². The van der Waals surface area contributed by atoms with Gasteiger partial charge in [0.2, 0.25) is 0 Å². The number of hydrogen-bond acceptors (Lipinski definition) is 6. The average molecular weight is 445 g/mol. The van der Waals surface area contributed by atoms with E-state index < -0.39 is 21.9 Å². The van der Waals surface area contributed by atoms with Crippen LogP contribution in [0, 0.1) is 26.1 Å². The van der Waals surface area contributed by atoms with Crippen molar-refractivity contribution in [2.45, 2.75) is 31.8 Å². The first-order valence-electron chi connectivity index (χ1n) is 10.8. The van der Waals surface area contributed by atoms with Gasteiger partial charge >= 0.3 is 0 Å². The van der Waals surface area contributed by atoms with Crippen LogP contribution in [0.25, 0.3) is 0 Å². The number of nitro groups is 2. The number of carbonyl (C=O) groups excluding carboxylic acids is 1. The van der Waals surface area contributed by atoms with Crippen LogP contribution in [0.15, 0.2) is 78.9 Å². The van der Waals surface area contributed by atoms with Crippen molar-refractivity contribution in [2.24, 2.45) is 5.92 Å². The molecule has 0 saturated carbocycles. The molecule has 168 valence electrons. The zero-order chi connectivity index (χ0) is 23.5. The summed E-state index contributed by atoms with van der Waals surface area (Å²) in [7, 11) is 0. The highest BCUT2D eigenvalue weighted by atomic mass is 16.6. The fourth-order valence-corrected chi connectivity index (χ4v) is 4.74. The van der Waals surface area contributed by atoms with Gasteiger partial charge in [0.15, 0.2) is 0 Å². The molecule has 0 radical (unpaired) electrons. The molecule has 8 heteroatoms. The fourth-order valence-electron chi connectivity index (χ4n) is 4.74. The molecule has 8 nitrogen and oxygen atoms in total. The molecule has 1 saturated heterocycles. The average Bonchev–Trinajstić information content (AvgIpc) is 2.84. The maximum Gasteiger partial charge on any atom is 0.269 e. The Hall–Kier alpha value is -4.07. The van der Waals surface area contributed by atoms with E-state index in [9.17, 15) is 25.0 Å². The van der Waals surface area contributed by atoms with Gasteiger partial charge in [-0.05, 0) is 29.7 Å². The number of anilines is 1. The number of para-hydroxylation sites is 1. The Morgan fingerprint density at radius 2 is 1.42 bits per heavy atom. The van der Waals surface area contributed by atoms with Gasteiger partial charge in [-0.15, -0.1) is 0 Å². The van der Waals surface area contributed by atoms with Crippen LogP contribution in [0.5, 0.6) is 0 Å². The number of Topliss-reactive ketones (excluding diaryl/α,β-unsaturated/α-hetero) is 1. The zero-order valence-electron chi connectivity index (χ0n) is 18.0. The summed E-state index contributed by atoms with van der Waals surface area (Å²) in [5, 5.41) is 22.8. The summed E-state index contributed by atoms with van der Waals surface area (Å²) in [6.45, 7) is 1.93. The summed E-state index contributed by atoms with van der Waals surface area (Å²) in [4.78, 5) is 37.4. The van der Waals surface area contributed by atoms with Crippen molar-refractivity contribution in [2.75, 3.05) is 4.90 Å². The summed E-state index contributed by atoms with van der Waals surface area (Å²) < 4.78 is 0. The molecule has 1 aliphatic heterocycles.